The number of hydrogen-bond acceptors (Lipinski definition) is 5. The number of methoxy groups -OCH3 is 1. The zero-order chi connectivity index (χ0) is 20.7. The Morgan fingerprint density at radius 1 is 1.07 bits per heavy atom. The second-order valence-electron chi connectivity index (χ2n) is 5.94. The van der Waals surface area contributed by atoms with Crippen molar-refractivity contribution in [2.45, 2.75) is 25.2 Å². The molecule has 0 saturated heterocycles. The number of halogens is 4. The van der Waals surface area contributed by atoms with E-state index in [0.717, 1.165) is 17.7 Å². The van der Waals surface area contributed by atoms with E-state index < -0.39 is 24.1 Å². The van der Waals surface area contributed by atoms with E-state index in [4.69, 9.17) is 5.73 Å². The van der Waals surface area contributed by atoms with Crippen LogP contribution in [0.15, 0.2) is 48.5 Å². The topological polar surface area (TPSA) is 90.7 Å². The molecule has 0 spiro atoms. The lowest BCUT2D eigenvalue weighted by Crippen LogP contribution is -2.31. The number of esters is 1. The van der Waals surface area contributed by atoms with E-state index in [-0.39, 0.29) is 31.2 Å². The van der Waals surface area contributed by atoms with E-state index in [0.29, 0.717) is 11.3 Å². The van der Waals surface area contributed by atoms with Gasteiger partial charge in [-0.2, -0.15) is 0 Å². The molecule has 0 heterocycles. The Hall–Kier alpha value is -2.94. The van der Waals surface area contributed by atoms with Gasteiger partial charge in [0.25, 0.3) is 0 Å². The SMILES string of the molecule is COC(=O)CC(NC(=O)Cc1ccc(N)cc1)c1ccc(OC(F)(F)F)cc1.Cl. The van der Waals surface area contributed by atoms with Gasteiger partial charge in [-0.05, 0) is 35.4 Å². The molecule has 0 aliphatic heterocycles. The molecule has 1 amide bonds. The van der Waals surface area contributed by atoms with Gasteiger partial charge in [-0.1, -0.05) is 24.3 Å². The van der Waals surface area contributed by atoms with Crippen LogP contribution in [0.25, 0.3) is 0 Å². The van der Waals surface area contributed by atoms with E-state index >= 15 is 0 Å². The molecule has 0 saturated carbocycles. The molecule has 2 rings (SSSR count). The Balaban J connectivity index is 0.00000420. The lowest BCUT2D eigenvalue weighted by Gasteiger charge is -2.19. The van der Waals surface area contributed by atoms with Crippen LogP contribution in [0.3, 0.4) is 0 Å². The highest BCUT2D eigenvalue weighted by molar-refractivity contribution is 5.85. The predicted molar refractivity (Wildman–Crippen MR) is 102 cm³/mol. The number of carbonyl (C=O) groups excluding carboxylic acids is 2. The second kappa shape index (κ2) is 10.6. The molecule has 0 aliphatic rings. The monoisotopic (exact) mass is 432 g/mol. The highest BCUT2D eigenvalue weighted by Crippen LogP contribution is 2.25. The summed E-state index contributed by atoms with van der Waals surface area (Å²) in [6, 6.07) is 10.9. The first-order valence-corrected chi connectivity index (χ1v) is 8.22. The number of amides is 1. The molecule has 0 aliphatic carbocycles. The zero-order valence-electron chi connectivity index (χ0n) is 15.4. The number of benzene rings is 2. The van der Waals surface area contributed by atoms with Gasteiger partial charge in [0.2, 0.25) is 5.91 Å². The van der Waals surface area contributed by atoms with Crippen molar-refractivity contribution >= 4 is 30.0 Å². The summed E-state index contributed by atoms with van der Waals surface area (Å²) in [5.74, 6) is -1.34. The zero-order valence-corrected chi connectivity index (χ0v) is 16.2. The first-order valence-electron chi connectivity index (χ1n) is 8.22. The van der Waals surface area contributed by atoms with Crippen molar-refractivity contribution in [2.24, 2.45) is 0 Å². The van der Waals surface area contributed by atoms with Crippen molar-refractivity contribution in [3.63, 3.8) is 0 Å². The first-order chi connectivity index (χ1) is 13.2. The Morgan fingerprint density at radius 3 is 2.17 bits per heavy atom. The molecule has 2 aromatic rings. The maximum atomic E-state index is 12.3. The summed E-state index contributed by atoms with van der Waals surface area (Å²) in [5, 5.41) is 2.70. The summed E-state index contributed by atoms with van der Waals surface area (Å²) in [6.07, 6.45) is -4.93. The van der Waals surface area contributed by atoms with Crippen LogP contribution in [0.2, 0.25) is 0 Å². The summed E-state index contributed by atoms with van der Waals surface area (Å²) in [6.45, 7) is 0. The Morgan fingerprint density at radius 2 is 1.66 bits per heavy atom. The molecule has 0 aromatic heterocycles. The average Bonchev–Trinajstić information content (AvgIpc) is 2.62. The van der Waals surface area contributed by atoms with Crippen LogP contribution in [-0.2, 0) is 20.7 Å². The fourth-order valence-corrected chi connectivity index (χ4v) is 2.47. The molecule has 1 atom stereocenters. The van der Waals surface area contributed by atoms with Crippen molar-refractivity contribution in [3.05, 3.63) is 59.7 Å². The van der Waals surface area contributed by atoms with E-state index in [1.807, 2.05) is 0 Å². The second-order valence-corrected chi connectivity index (χ2v) is 5.94. The summed E-state index contributed by atoms with van der Waals surface area (Å²) >= 11 is 0. The minimum absolute atomic E-state index is 0. The van der Waals surface area contributed by atoms with Gasteiger partial charge in [-0.3, -0.25) is 9.59 Å². The summed E-state index contributed by atoms with van der Waals surface area (Å²) in [7, 11) is 1.20. The van der Waals surface area contributed by atoms with E-state index in [9.17, 15) is 22.8 Å². The Kier molecular flexibility index (Phi) is 8.78. The fourth-order valence-electron chi connectivity index (χ4n) is 2.47. The molecule has 158 valence electrons. The molecule has 2 aromatic carbocycles. The van der Waals surface area contributed by atoms with Crippen LogP contribution in [0, 0.1) is 0 Å². The summed E-state index contributed by atoms with van der Waals surface area (Å²) in [5.41, 5.74) is 7.32. The molecule has 3 N–H and O–H groups in total. The number of nitrogens with one attached hydrogen (secondary N) is 1. The van der Waals surface area contributed by atoms with Gasteiger partial charge >= 0.3 is 12.3 Å². The maximum absolute atomic E-state index is 12.3. The number of alkyl halides is 3. The number of carbonyl (C=O) groups is 2. The number of nitrogen functional groups attached to an aromatic ring is 1. The number of hydrogen-bond donors (Lipinski definition) is 2. The van der Waals surface area contributed by atoms with E-state index in [1.54, 1.807) is 24.3 Å². The molecular weight excluding hydrogens is 413 g/mol. The summed E-state index contributed by atoms with van der Waals surface area (Å²) < 4.78 is 45.3. The highest BCUT2D eigenvalue weighted by Gasteiger charge is 2.31. The van der Waals surface area contributed by atoms with Gasteiger partial charge in [-0.15, -0.1) is 25.6 Å². The van der Waals surface area contributed by atoms with Crippen LogP contribution < -0.4 is 15.8 Å². The smallest absolute Gasteiger partial charge is 0.469 e. The normalized spacial score (nSPS) is 11.7. The molecular formula is C19H20ClF3N2O4. The predicted octanol–water partition coefficient (Wildman–Crippen LogP) is 3.55. The van der Waals surface area contributed by atoms with Crippen molar-refractivity contribution in [1.29, 1.82) is 0 Å². The molecule has 6 nitrogen and oxygen atoms in total. The third kappa shape index (κ3) is 8.30. The fraction of sp³-hybridized carbons (Fsp3) is 0.263. The maximum Gasteiger partial charge on any atom is 0.573 e. The van der Waals surface area contributed by atoms with E-state index in [1.165, 1.54) is 19.2 Å². The molecule has 10 heteroatoms. The van der Waals surface area contributed by atoms with Gasteiger partial charge in [0, 0.05) is 5.69 Å². The van der Waals surface area contributed by atoms with Crippen molar-refractivity contribution < 1.29 is 32.2 Å². The Bertz CT molecular complexity index is 812. The number of nitrogens with two attached hydrogens (primary N) is 1. The molecule has 0 radical (unpaired) electrons. The molecule has 0 fully saturated rings. The van der Waals surface area contributed by atoms with Crippen molar-refractivity contribution in [1.82, 2.24) is 5.32 Å². The van der Waals surface area contributed by atoms with Crippen LogP contribution in [0.1, 0.15) is 23.6 Å². The number of anilines is 1. The number of ether oxygens (including phenoxy) is 2. The van der Waals surface area contributed by atoms with Crippen LogP contribution in [0.5, 0.6) is 5.75 Å². The largest absolute Gasteiger partial charge is 0.573 e. The highest BCUT2D eigenvalue weighted by atomic mass is 35.5. The summed E-state index contributed by atoms with van der Waals surface area (Å²) in [4.78, 5) is 24.0. The lowest BCUT2D eigenvalue weighted by molar-refractivity contribution is -0.274. The van der Waals surface area contributed by atoms with Crippen LogP contribution in [0.4, 0.5) is 18.9 Å². The van der Waals surface area contributed by atoms with E-state index in [2.05, 4.69) is 14.8 Å². The minimum atomic E-state index is -4.81. The van der Waals surface area contributed by atoms with Gasteiger partial charge in [0.15, 0.2) is 0 Å². The van der Waals surface area contributed by atoms with Gasteiger partial charge in [0.1, 0.15) is 5.75 Å². The third-order valence-corrected chi connectivity index (χ3v) is 3.79. The Labute approximate surface area is 171 Å². The van der Waals surface area contributed by atoms with Crippen LogP contribution in [-0.4, -0.2) is 25.3 Å². The number of rotatable bonds is 7. The standard InChI is InChI=1S/C19H19F3N2O4.ClH/c1-27-18(26)11-16(13-4-8-15(9-5-13)28-19(20,21)22)24-17(25)10-12-2-6-14(23)7-3-12;/h2-9,16H,10-11,23H2,1H3,(H,24,25);1H. The van der Waals surface area contributed by atoms with Crippen LogP contribution >= 0.6 is 12.4 Å². The average molecular weight is 433 g/mol. The van der Waals surface area contributed by atoms with Gasteiger partial charge < -0.3 is 20.5 Å². The molecule has 0 bridgehead atoms. The van der Waals surface area contributed by atoms with Gasteiger partial charge in [0.05, 0.1) is 26.0 Å². The van der Waals surface area contributed by atoms with Crippen molar-refractivity contribution in [3.8, 4) is 5.75 Å². The van der Waals surface area contributed by atoms with Crippen molar-refractivity contribution in [2.75, 3.05) is 12.8 Å². The van der Waals surface area contributed by atoms with Gasteiger partial charge in [-0.25, -0.2) is 0 Å². The third-order valence-electron chi connectivity index (χ3n) is 3.79. The molecule has 1 unspecified atom stereocenters. The quantitative estimate of drug-likeness (QED) is 0.515. The lowest BCUT2D eigenvalue weighted by atomic mass is 10.0. The first kappa shape index (κ1) is 24.1. The minimum Gasteiger partial charge on any atom is -0.469 e. The molecule has 29 heavy (non-hydrogen) atoms.